The molecule has 0 saturated carbocycles. The summed E-state index contributed by atoms with van der Waals surface area (Å²) in [6, 6.07) is 13.0. The number of amides is 1. The summed E-state index contributed by atoms with van der Waals surface area (Å²) in [5.41, 5.74) is 0.760. The van der Waals surface area contributed by atoms with Gasteiger partial charge in [-0.25, -0.2) is 8.78 Å². The molecule has 3 aromatic rings. The summed E-state index contributed by atoms with van der Waals surface area (Å²) in [6.45, 7) is 0.232. The number of hydrogen-bond acceptors (Lipinski definition) is 2. The quantitative estimate of drug-likeness (QED) is 0.683. The maximum Gasteiger partial charge on any atom is 0.253 e. The molecule has 0 bridgehead atoms. The molecule has 128 valence electrons. The van der Waals surface area contributed by atoms with E-state index in [2.05, 4.69) is 5.32 Å². The van der Waals surface area contributed by atoms with Crippen LogP contribution < -0.4 is 10.1 Å². The molecule has 0 aliphatic heterocycles. The highest BCUT2D eigenvalue weighted by molar-refractivity contribution is 6.33. The Labute approximate surface area is 148 Å². The van der Waals surface area contributed by atoms with E-state index in [1.165, 1.54) is 0 Å². The monoisotopic (exact) mass is 361 g/mol. The van der Waals surface area contributed by atoms with Gasteiger partial charge in [0.05, 0.1) is 17.7 Å². The smallest absolute Gasteiger partial charge is 0.253 e. The van der Waals surface area contributed by atoms with E-state index in [1.54, 1.807) is 7.11 Å². The Balaban J connectivity index is 1.76. The SMILES string of the molecule is COc1ccc2cc(CNC(=O)c3cc(F)c(F)cc3Cl)ccc2c1. The second-order valence-electron chi connectivity index (χ2n) is 5.48. The number of halogens is 3. The summed E-state index contributed by atoms with van der Waals surface area (Å²) in [5.74, 6) is -2.01. The van der Waals surface area contributed by atoms with Crippen LogP contribution in [-0.2, 0) is 6.54 Å². The van der Waals surface area contributed by atoms with E-state index >= 15 is 0 Å². The average Bonchev–Trinajstić information content (AvgIpc) is 2.62. The molecule has 3 aromatic carbocycles. The molecular weight excluding hydrogens is 348 g/mol. The molecule has 0 aliphatic rings. The number of fused-ring (bicyclic) bond motifs is 1. The lowest BCUT2D eigenvalue weighted by Gasteiger charge is -2.09. The Kier molecular flexibility index (Phi) is 4.86. The molecule has 0 heterocycles. The predicted octanol–water partition coefficient (Wildman–Crippen LogP) is 4.71. The first-order valence-electron chi connectivity index (χ1n) is 7.47. The highest BCUT2D eigenvalue weighted by Gasteiger charge is 2.14. The van der Waals surface area contributed by atoms with Crippen molar-refractivity contribution in [2.45, 2.75) is 6.54 Å². The summed E-state index contributed by atoms with van der Waals surface area (Å²) in [7, 11) is 1.61. The summed E-state index contributed by atoms with van der Waals surface area (Å²) in [4.78, 5) is 12.1. The molecule has 0 aromatic heterocycles. The van der Waals surface area contributed by atoms with Gasteiger partial charge < -0.3 is 10.1 Å². The first-order chi connectivity index (χ1) is 12.0. The Hall–Kier alpha value is -2.66. The zero-order valence-corrected chi connectivity index (χ0v) is 14.0. The average molecular weight is 362 g/mol. The number of ether oxygens (including phenoxy) is 1. The minimum atomic E-state index is -1.12. The van der Waals surface area contributed by atoms with Crippen LogP contribution in [0, 0.1) is 11.6 Å². The summed E-state index contributed by atoms with van der Waals surface area (Å²) < 4.78 is 31.6. The number of carbonyl (C=O) groups is 1. The molecule has 1 amide bonds. The Bertz CT molecular complexity index is 960. The van der Waals surface area contributed by atoms with Crippen molar-refractivity contribution in [1.29, 1.82) is 0 Å². The summed E-state index contributed by atoms with van der Waals surface area (Å²) in [6.07, 6.45) is 0. The van der Waals surface area contributed by atoms with Crippen LogP contribution in [0.2, 0.25) is 5.02 Å². The van der Waals surface area contributed by atoms with Crippen LogP contribution in [0.5, 0.6) is 5.75 Å². The van der Waals surface area contributed by atoms with E-state index < -0.39 is 17.5 Å². The molecule has 3 rings (SSSR count). The van der Waals surface area contributed by atoms with Gasteiger partial charge in [0, 0.05) is 6.54 Å². The van der Waals surface area contributed by atoms with Gasteiger partial charge in [-0.3, -0.25) is 4.79 Å². The standard InChI is InChI=1S/C19H14ClF2NO2/c1-25-14-5-4-12-6-11(2-3-13(12)7-14)10-23-19(24)15-8-17(21)18(22)9-16(15)20/h2-9H,10H2,1H3,(H,23,24). The highest BCUT2D eigenvalue weighted by atomic mass is 35.5. The zero-order chi connectivity index (χ0) is 18.0. The second-order valence-corrected chi connectivity index (χ2v) is 5.88. The lowest BCUT2D eigenvalue weighted by molar-refractivity contribution is 0.0950. The molecule has 1 N–H and O–H groups in total. The van der Waals surface area contributed by atoms with Gasteiger partial charge in [0.1, 0.15) is 5.75 Å². The summed E-state index contributed by atoms with van der Waals surface area (Å²) >= 11 is 5.81. The molecule has 0 unspecified atom stereocenters. The molecule has 0 spiro atoms. The molecule has 0 fully saturated rings. The fourth-order valence-corrected chi connectivity index (χ4v) is 2.72. The number of rotatable bonds is 4. The van der Waals surface area contributed by atoms with E-state index in [0.29, 0.717) is 0 Å². The molecule has 0 aliphatic carbocycles. The van der Waals surface area contributed by atoms with Crippen LogP contribution in [0.3, 0.4) is 0 Å². The third-order valence-electron chi connectivity index (χ3n) is 3.82. The van der Waals surface area contributed by atoms with E-state index in [9.17, 15) is 13.6 Å². The Morgan fingerprint density at radius 3 is 2.48 bits per heavy atom. The van der Waals surface area contributed by atoms with Crippen molar-refractivity contribution in [1.82, 2.24) is 5.32 Å². The van der Waals surface area contributed by atoms with Crippen LogP contribution in [0.1, 0.15) is 15.9 Å². The summed E-state index contributed by atoms with van der Waals surface area (Å²) in [5, 5.41) is 4.53. The van der Waals surface area contributed by atoms with Gasteiger partial charge in [-0.05, 0) is 46.7 Å². The van der Waals surface area contributed by atoms with Crippen LogP contribution in [0.25, 0.3) is 10.8 Å². The van der Waals surface area contributed by atoms with Gasteiger partial charge in [-0.15, -0.1) is 0 Å². The van der Waals surface area contributed by atoms with E-state index in [0.717, 1.165) is 34.2 Å². The zero-order valence-electron chi connectivity index (χ0n) is 13.3. The first-order valence-corrected chi connectivity index (χ1v) is 7.85. The minimum Gasteiger partial charge on any atom is -0.497 e. The van der Waals surface area contributed by atoms with Crippen molar-refractivity contribution in [3.63, 3.8) is 0 Å². The van der Waals surface area contributed by atoms with E-state index in [1.807, 2.05) is 36.4 Å². The van der Waals surface area contributed by atoms with Gasteiger partial charge in [-0.1, -0.05) is 29.8 Å². The van der Waals surface area contributed by atoms with Crippen molar-refractivity contribution in [2.24, 2.45) is 0 Å². The van der Waals surface area contributed by atoms with Crippen molar-refractivity contribution in [3.8, 4) is 5.75 Å². The van der Waals surface area contributed by atoms with Crippen LogP contribution in [0.4, 0.5) is 8.78 Å². The van der Waals surface area contributed by atoms with Gasteiger partial charge in [-0.2, -0.15) is 0 Å². The number of benzene rings is 3. The number of carbonyl (C=O) groups excluding carboxylic acids is 1. The minimum absolute atomic E-state index is 0.105. The largest absolute Gasteiger partial charge is 0.497 e. The first kappa shape index (κ1) is 17.2. The van der Waals surface area contributed by atoms with Crippen LogP contribution in [0.15, 0.2) is 48.5 Å². The molecular formula is C19H14ClF2NO2. The van der Waals surface area contributed by atoms with Crippen molar-refractivity contribution >= 4 is 28.3 Å². The molecule has 3 nitrogen and oxygen atoms in total. The van der Waals surface area contributed by atoms with Gasteiger partial charge in [0.2, 0.25) is 0 Å². The maximum absolute atomic E-state index is 13.3. The predicted molar refractivity (Wildman–Crippen MR) is 93.0 cm³/mol. The van der Waals surface area contributed by atoms with Crippen molar-refractivity contribution < 1.29 is 18.3 Å². The molecule has 25 heavy (non-hydrogen) atoms. The van der Waals surface area contributed by atoms with E-state index in [4.69, 9.17) is 16.3 Å². The molecule has 0 atom stereocenters. The Morgan fingerprint density at radius 2 is 1.72 bits per heavy atom. The lowest BCUT2D eigenvalue weighted by atomic mass is 10.1. The fourth-order valence-electron chi connectivity index (χ4n) is 2.48. The normalized spacial score (nSPS) is 10.7. The molecule has 0 saturated heterocycles. The van der Waals surface area contributed by atoms with Gasteiger partial charge in [0.25, 0.3) is 5.91 Å². The van der Waals surface area contributed by atoms with Gasteiger partial charge in [0.15, 0.2) is 11.6 Å². The van der Waals surface area contributed by atoms with Crippen molar-refractivity contribution in [2.75, 3.05) is 7.11 Å². The topological polar surface area (TPSA) is 38.3 Å². The number of methoxy groups -OCH3 is 1. The molecule has 6 heteroatoms. The van der Waals surface area contributed by atoms with E-state index in [-0.39, 0.29) is 17.1 Å². The van der Waals surface area contributed by atoms with Crippen molar-refractivity contribution in [3.05, 3.63) is 76.3 Å². The Morgan fingerprint density at radius 1 is 1.04 bits per heavy atom. The molecule has 0 radical (unpaired) electrons. The number of hydrogen-bond donors (Lipinski definition) is 1. The maximum atomic E-state index is 13.3. The highest BCUT2D eigenvalue weighted by Crippen LogP contribution is 2.22. The van der Waals surface area contributed by atoms with Crippen LogP contribution in [-0.4, -0.2) is 13.0 Å². The third kappa shape index (κ3) is 3.72. The van der Waals surface area contributed by atoms with Gasteiger partial charge >= 0.3 is 0 Å². The van der Waals surface area contributed by atoms with Crippen LogP contribution >= 0.6 is 11.6 Å². The second kappa shape index (κ2) is 7.07. The lowest BCUT2D eigenvalue weighted by Crippen LogP contribution is -2.23. The fraction of sp³-hybridized carbons (Fsp3) is 0.105. The number of nitrogens with one attached hydrogen (secondary N) is 1. The third-order valence-corrected chi connectivity index (χ3v) is 4.13.